The molecule has 3 aromatic rings. The van der Waals surface area contributed by atoms with Crippen LogP contribution in [0.3, 0.4) is 0 Å². The fourth-order valence-electron chi connectivity index (χ4n) is 2.14. The lowest BCUT2D eigenvalue weighted by Crippen LogP contribution is -2.32. The lowest BCUT2D eigenvalue weighted by Gasteiger charge is -2.15. The molecule has 26 heavy (non-hydrogen) atoms. The zero-order chi connectivity index (χ0) is 18.7. The second kappa shape index (κ2) is 7.63. The Kier molecular flexibility index (Phi) is 5.29. The van der Waals surface area contributed by atoms with Crippen LogP contribution in [0, 0.1) is 5.82 Å². The maximum Gasteiger partial charge on any atom is 0.319 e. The smallest absolute Gasteiger partial charge is 0.319 e. The number of carbonyl (C=O) groups is 1. The molecule has 11 heteroatoms. The largest absolute Gasteiger partial charge is 0.328 e. The van der Waals surface area contributed by atoms with Crippen molar-refractivity contribution in [3.05, 3.63) is 58.6 Å². The van der Waals surface area contributed by atoms with E-state index in [0.717, 1.165) is 6.07 Å². The SMILES string of the molecule is C[C@H](NC(=O)Nc1cc(F)c(Cl)cc1Cl)c1ncnn1-c1ncccn1. The van der Waals surface area contributed by atoms with E-state index in [1.54, 1.807) is 25.4 Å². The number of hydrogen-bond donors (Lipinski definition) is 2. The summed E-state index contributed by atoms with van der Waals surface area (Å²) in [6.45, 7) is 1.70. The molecule has 0 aliphatic rings. The van der Waals surface area contributed by atoms with Gasteiger partial charge in [0.2, 0.25) is 0 Å². The molecule has 0 spiro atoms. The van der Waals surface area contributed by atoms with Crippen molar-refractivity contribution in [1.29, 1.82) is 0 Å². The number of anilines is 1. The van der Waals surface area contributed by atoms with E-state index < -0.39 is 17.9 Å². The summed E-state index contributed by atoms with van der Waals surface area (Å²) < 4.78 is 14.9. The zero-order valence-electron chi connectivity index (χ0n) is 13.3. The summed E-state index contributed by atoms with van der Waals surface area (Å²) in [7, 11) is 0. The van der Waals surface area contributed by atoms with Gasteiger partial charge in [-0.1, -0.05) is 23.2 Å². The molecule has 0 aliphatic carbocycles. The fraction of sp³-hybridized carbons (Fsp3) is 0.133. The Morgan fingerprint density at radius 3 is 2.65 bits per heavy atom. The molecule has 134 valence electrons. The average molecular weight is 396 g/mol. The van der Waals surface area contributed by atoms with E-state index in [0.29, 0.717) is 11.8 Å². The lowest BCUT2D eigenvalue weighted by atomic mass is 10.3. The van der Waals surface area contributed by atoms with E-state index in [1.807, 2.05) is 0 Å². The average Bonchev–Trinajstić information content (AvgIpc) is 3.10. The van der Waals surface area contributed by atoms with Crippen molar-refractivity contribution in [3.63, 3.8) is 0 Å². The van der Waals surface area contributed by atoms with Gasteiger partial charge < -0.3 is 10.6 Å². The molecule has 1 atom stereocenters. The first-order chi connectivity index (χ1) is 12.5. The van der Waals surface area contributed by atoms with E-state index in [2.05, 4.69) is 30.7 Å². The molecule has 8 nitrogen and oxygen atoms in total. The summed E-state index contributed by atoms with van der Waals surface area (Å²) >= 11 is 11.6. The van der Waals surface area contributed by atoms with Gasteiger partial charge in [0, 0.05) is 18.5 Å². The molecule has 2 aromatic heterocycles. The zero-order valence-corrected chi connectivity index (χ0v) is 14.8. The van der Waals surface area contributed by atoms with E-state index >= 15 is 0 Å². The van der Waals surface area contributed by atoms with Crippen molar-refractivity contribution in [2.45, 2.75) is 13.0 Å². The van der Waals surface area contributed by atoms with Crippen molar-refractivity contribution in [2.24, 2.45) is 0 Å². The van der Waals surface area contributed by atoms with Gasteiger partial charge in [0.15, 0.2) is 5.82 Å². The predicted molar refractivity (Wildman–Crippen MR) is 93.9 cm³/mol. The van der Waals surface area contributed by atoms with Crippen LogP contribution in [0.4, 0.5) is 14.9 Å². The van der Waals surface area contributed by atoms with Crippen LogP contribution in [0.5, 0.6) is 0 Å². The molecule has 0 radical (unpaired) electrons. The number of hydrogen-bond acceptors (Lipinski definition) is 5. The molecule has 0 unspecified atom stereocenters. The minimum Gasteiger partial charge on any atom is -0.328 e. The van der Waals surface area contributed by atoms with E-state index in [4.69, 9.17) is 23.2 Å². The third kappa shape index (κ3) is 3.89. The number of carbonyl (C=O) groups excluding carboxylic acids is 1. The molecule has 0 bridgehead atoms. The molecular formula is C15H12Cl2FN7O. The highest BCUT2D eigenvalue weighted by atomic mass is 35.5. The third-order valence-corrected chi connectivity index (χ3v) is 3.91. The number of nitrogens with one attached hydrogen (secondary N) is 2. The van der Waals surface area contributed by atoms with Crippen LogP contribution in [0.2, 0.25) is 10.0 Å². The van der Waals surface area contributed by atoms with Gasteiger partial charge in [-0.2, -0.15) is 9.78 Å². The van der Waals surface area contributed by atoms with Gasteiger partial charge in [-0.05, 0) is 19.1 Å². The summed E-state index contributed by atoms with van der Waals surface area (Å²) in [5, 5.41) is 9.16. The van der Waals surface area contributed by atoms with Crippen molar-refractivity contribution in [1.82, 2.24) is 30.0 Å². The summed E-state index contributed by atoms with van der Waals surface area (Å²) in [5.41, 5.74) is 0.0890. The van der Waals surface area contributed by atoms with E-state index in [1.165, 1.54) is 17.1 Å². The highest BCUT2D eigenvalue weighted by molar-refractivity contribution is 6.36. The Morgan fingerprint density at radius 1 is 1.19 bits per heavy atom. The van der Waals surface area contributed by atoms with Gasteiger partial charge in [0.1, 0.15) is 12.1 Å². The first-order valence-corrected chi connectivity index (χ1v) is 8.10. The Labute approximate surface area is 157 Å². The fourth-order valence-corrected chi connectivity index (χ4v) is 2.57. The van der Waals surface area contributed by atoms with Crippen molar-refractivity contribution >= 4 is 34.9 Å². The van der Waals surface area contributed by atoms with Gasteiger partial charge in [-0.3, -0.25) is 0 Å². The molecule has 2 heterocycles. The van der Waals surface area contributed by atoms with Crippen LogP contribution < -0.4 is 10.6 Å². The summed E-state index contributed by atoms with van der Waals surface area (Å²) in [4.78, 5) is 24.5. The van der Waals surface area contributed by atoms with Crippen LogP contribution in [-0.2, 0) is 0 Å². The number of rotatable bonds is 4. The molecular weight excluding hydrogens is 384 g/mol. The molecule has 0 fully saturated rings. The highest BCUT2D eigenvalue weighted by Gasteiger charge is 2.18. The van der Waals surface area contributed by atoms with Crippen LogP contribution >= 0.6 is 23.2 Å². The standard InChI is InChI=1S/C15H12Cl2FN7O/c1-8(13-21-7-22-25(13)14-19-3-2-4-20-14)23-15(26)24-12-6-11(18)9(16)5-10(12)17/h2-8H,1H3,(H2,23,24,26)/t8-/m0/s1. The number of nitrogens with zero attached hydrogens (tertiary/aromatic N) is 5. The van der Waals surface area contributed by atoms with Gasteiger partial charge in [-0.15, -0.1) is 0 Å². The number of benzene rings is 1. The van der Waals surface area contributed by atoms with Crippen molar-refractivity contribution < 1.29 is 9.18 Å². The van der Waals surface area contributed by atoms with Crippen molar-refractivity contribution in [2.75, 3.05) is 5.32 Å². The lowest BCUT2D eigenvalue weighted by molar-refractivity contribution is 0.248. The molecule has 0 aliphatic heterocycles. The molecule has 0 saturated carbocycles. The number of urea groups is 1. The normalized spacial score (nSPS) is 11.8. The van der Waals surface area contributed by atoms with E-state index in [-0.39, 0.29) is 15.7 Å². The predicted octanol–water partition coefficient (Wildman–Crippen LogP) is 3.39. The maximum atomic E-state index is 13.5. The maximum absolute atomic E-state index is 13.5. The number of amides is 2. The van der Waals surface area contributed by atoms with Crippen LogP contribution in [0.1, 0.15) is 18.8 Å². The monoisotopic (exact) mass is 395 g/mol. The van der Waals surface area contributed by atoms with Crippen LogP contribution in [0.25, 0.3) is 5.95 Å². The first-order valence-electron chi connectivity index (χ1n) is 7.35. The summed E-state index contributed by atoms with van der Waals surface area (Å²) in [5.74, 6) is 0.0389. The van der Waals surface area contributed by atoms with Gasteiger partial charge >= 0.3 is 6.03 Å². The Morgan fingerprint density at radius 2 is 1.92 bits per heavy atom. The number of aromatic nitrogens is 5. The van der Waals surface area contributed by atoms with E-state index in [9.17, 15) is 9.18 Å². The Balaban J connectivity index is 1.73. The minimum atomic E-state index is -0.694. The highest BCUT2D eigenvalue weighted by Crippen LogP contribution is 2.28. The van der Waals surface area contributed by atoms with Gasteiger partial charge in [-0.25, -0.2) is 24.1 Å². The third-order valence-electron chi connectivity index (χ3n) is 3.31. The quantitative estimate of drug-likeness (QED) is 0.659. The Hall–Kier alpha value is -2.78. The van der Waals surface area contributed by atoms with Gasteiger partial charge in [0.05, 0.1) is 21.8 Å². The second-order valence-corrected chi connectivity index (χ2v) is 5.96. The molecule has 2 amide bonds. The first kappa shape index (κ1) is 18.0. The van der Waals surface area contributed by atoms with Crippen LogP contribution in [-0.4, -0.2) is 30.8 Å². The second-order valence-electron chi connectivity index (χ2n) is 5.15. The topological polar surface area (TPSA) is 97.6 Å². The molecule has 0 saturated heterocycles. The molecule has 1 aromatic carbocycles. The van der Waals surface area contributed by atoms with Gasteiger partial charge in [0.25, 0.3) is 5.95 Å². The van der Waals surface area contributed by atoms with Crippen LogP contribution in [0.15, 0.2) is 36.9 Å². The summed E-state index contributed by atoms with van der Waals surface area (Å²) in [6, 6.07) is 2.77. The Bertz CT molecular complexity index is 935. The summed E-state index contributed by atoms with van der Waals surface area (Å²) in [6.07, 6.45) is 4.46. The number of halogens is 3. The minimum absolute atomic E-state index is 0.0890. The molecule has 2 N–H and O–H groups in total. The molecule has 3 rings (SSSR count). The van der Waals surface area contributed by atoms with Crippen molar-refractivity contribution in [3.8, 4) is 5.95 Å².